The Morgan fingerprint density at radius 2 is 1.86 bits per heavy atom. The van der Waals surface area contributed by atoms with Crippen LogP contribution < -0.4 is 0 Å². The molecular formula is C23H24BrNO3S. The molecule has 0 radical (unpaired) electrons. The number of fused-ring (bicyclic) bond motifs is 1. The van der Waals surface area contributed by atoms with E-state index in [4.69, 9.17) is 9.72 Å². The SMILES string of the molecule is O=C(O)c1cc2nc(CC3CCC(COCc4ccccc4)CC3)sc2cc1Br. The van der Waals surface area contributed by atoms with Crippen molar-refractivity contribution in [1.82, 2.24) is 4.98 Å². The molecule has 3 aromatic rings. The summed E-state index contributed by atoms with van der Waals surface area (Å²) in [4.78, 5) is 16.0. The molecule has 2 aromatic carbocycles. The first-order valence-corrected chi connectivity index (χ1v) is 11.6. The highest BCUT2D eigenvalue weighted by Crippen LogP contribution is 2.34. The zero-order valence-corrected chi connectivity index (χ0v) is 18.5. The standard InChI is InChI=1S/C23H24BrNO3S/c24-19-12-21-20(11-18(19)23(26)27)25-22(29-21)10-15-6-8-17(9-7-15)14-28-13-16-4-2-1-3-5-16/h1-5,11-12,15,17H,6-10,13-14H2,(H,26,27). The fourth-order valence-corrected chi connectivity index (χ4v) is 5.78. The molecule has 1 aliphatic rings. The fourth-order valence-electron chi connectivity index (χ4n) is 4.01. The molecule has 1 heterocycles. The van der Waals surface area contributed by atoms with Gasteiger partial charge in [0.15, 0.2) is 0 Å². The lowest BCUT2D eigenvalue weighted by Crippen LogP contribution is -2.20. The minimum atomic E-state index is -0.930. The summed E-state index contributed by atoms with van der Waals surface area (Å²) >= 11 is 5.03. The minimum absolute atomic E-state index is 0.269. The van der Waals surface area contributed by atoms with Crippen LogP contribution in [0, 0.1) is 11.8 Å². The average molecular weight is 474 g/mol. The van der Waals surface area contributed by atoms with Gasteiger partial charge < -0.3 is 9.84 Å². The highest BCUT2D eigenvalue weighted by Gasteiger charge is 2.23. The Kier molecular flexibility index (Phi) is 6.63. The van der Waals surface area contributed by atoms with Crippen molar-refractivity contribution in [2.75, 3.05) is 6.61 Å². The number of thiazole rings is 1. The van der Waals surface area contributed by atoms with E-state index in [-0.39, 0.29) is 5.56 Å². The summed E-state index contributed by atoms with van der Waals surface area (Å²) in [6.45, 7) is 1.54. The van der Waals surface area contributed by atoms with Gasteiger partial charge >= 0.3 is 5.97 Å². The van der Waals surface area contributed by atoms with Crippen LogP contribution in [0.2, 0.25) is 0 Å². The normalized spacial score (nSPS) is 19.5. The van der Waals surface area contributed by atoms with Crippen LogP contribution in [0.15, 0.2) is 46.9 Å². The van der Waals surface area contributed by atoms with Crippen LogP contribution in [-0.2, 0) is 17.8 Å². The maximum absolute atomic E-state index is 11.3. The number of rotatable bonds is 7. The van der Waals surface area contributed by atoms with Crippen molar-refractivity contribution in [3.8, 4) is 0 Å². The summed E-state index contributed by atoms with van der Waals surface area (Å²) in [6.07, 6.45) is 5.81. The number of hydrogen-bond acceptors (Lipinski definition) is 4. The highest BCUT2D eigenvalue weighted by atomic mass is 79.9. The van der Waals surface area contributed by atoms with Crippen LogP contribution in [0.5, 0.6) is 0 Å². The summed E-state index contributed by atoms with van der Waals surface area (Å²) in [5, 5.41) is 10.4. The van der Waals surface area contributed by atoms with Crippen molar-refractivity contribution < 1.29 is 14.6 Å². The third-order valence-corrected chi connectivity index (χ3v) is 7.34. The van der Waals surface area contributed by atoms with Crippen molar-refractivity contribution in [2.45, 2.75) is 38.7 Å². The molecule has 0 saturated heterocycles. The van der Waals surface area contributed by atoms with E-state index in [0.29, 0.717) is 22.9 Å². The van der Waals surface area contributed by atoms with Crippen LogP contribution in [0.25, 0.3) is 10.2 Å². The molecule has 0 aliphatic heterocycles. The highest BCUT2D eigenvalue weighted by molar-refractivity contribution is 9.10. The first kappa shape index (κ1) is 20.5. The van der Waals surface area contributed by atoms with Gasteiger partial charge in [0.05, 0.1) is 27.4 Å². The van der Waals surface area contributed by atoms with Gasteiger partial charge in [-0.05, 0) is 71.1 Å². The number of hydrogen-bond donors (Lipinski definition) is 1. The van der Waals surface area contributed by atoms with E-state index in [0.717, 1.165) is 28.3 Å². The number of carbonyl (C=O) groups is 1. The second kappa shape index (κ2) is 9.37. The van der Waals surface area contributed by atoms with Crippen LogP contribution in [0.4, 0.5) is 0 Å². The van der Waals surface area contributed by atoms with E-state index >= 15 is 0 Å². The number of nitrogens with zero attached hydrogens (tertiary/aromatic N) is 1. The predicted molar refractivity (Wildman–Crippen MR) is 120 cm³/mol. The van der Waals surface area contributed by atoms with Crippen molar-refractivity contribution in [3.05, 3.63) is 63.1 Å². The summed E-state index contributed by atoms with van der Waals surface area (Å²) in [7, 11) is 0. The molecule has 6 heteroatoms. The Hall–Kier alpha value is -1.76. The molecule has 29 heavy (non-hydrogen) atoms. The van der Waals surface area contributed by atoms with E-state index in [1.165, 1.54) is 31.2 Å². The van der Waals surface area contributed by atoms with Gasteiger partial charge in [0.1, 0.15) is 0 Å². The molecule has 0 bridgehead atoms. The Labute approximate surface area is 183 Å². The average Bonchev–Trinajstić information content (AvgIpc) is 3.10. The lowest BCUT2D eigenvalue weighted by molar-refractivity contribution is 0.0671. The molecule has 1 saturated carbocycles. The number of aromatic nitrogens is 1. The van der Waals surface area contributed by atoms with E-state index in [1.807, 2.05) is 24.3 Å². The van der Waals surface area contributed by atoms with E-state index in [2.05, 4.69) is 28.1 Å². The van der Waals surface area contributed by atoms with Gasteiger partial charge in [0.2, 0.25) is 0 Å². The molecule has 4 rings (SSSR count). The number of ether oxygens (including phenoxy) is 1. The van der Waals surface area contributed by atoms with E-state index in [9.17, 15) is 9.90 Å². The Morgan fingerprint density at radius 1 is 1.14 bits per heavy atom. The smallest absolute Gasteiger partial charge is 0.336 e. The second-order valence-corrected chi connectivity index (χ2v) is 9.77. The largest absolute Gasteiger partial charge is 0.478 e. The summed E-state index contributed by atoms with van der Waals surface area (Å²) in [6, 6.07) is 13.9. The van der Waals surface area contributed by atoms with Crippen molar-refractivity contribution in [1.29, 1.82) is 0 Å². The molecular weight excluding hydrogens is 450 g/mol. The minimum Gasteiger partial charge on any atom is -0.478 e. The van der Waals surface area contributed by atoms with Crippen molar-refractivity contribution >= 4 is 43.5 Å². The number of benzene rings is 2. The topological polar surface area (TPSA) is 59.4 Å². The Balaban J connectivity index is 1.27. The number of halogens is 1. The third-order valence-electron chi connectivity index (χ3n) is 5.65. The van der Waals surface area contributed by atoms with Gasteiger partial charge in [-0.3, -0.25) is 0 Å². The molecule has 0 unspecified atom stereocenters. The molecule has 1 fully saturated rings. The van der Waals surface area contributed by atoms with Crippen molar-refractivity contribution in [3.63, 3.8) is 0 Å². The lowest BCUT2D eigenvalue weighted by atomic mass is 9.81. The molecule has 0 atom stereocenters. The summed E-state index contributed by atoms with van der Waals surface area (Å²) in [5.74, 6) is 0.379. The molecule has 1 aliphatic carbocycles. The Bertz CT molecular complexity index is 980. The molecule has 0 amide bonds. The molecule has 1 N–H and O–H groups in total. The zero-order valence-electron chi connectivity index (χ0n) is 16.1. The van der Waals surface area contributed by atoms with Crippen LogP contribution in [0.1, 0.15) is 46.6 Å². The molecule has 0 spiro atoms. The van der Waals surface area contributed by atoms with Gasteiger partial charge in [-0.1, -0.05) is 30.3 Å². The molecule has 4 nitrogen and oxygen atoms in total. The first-order chi connectivity index (χ1) is 14.1. The maximum atomic E-state index is 11.3. The number of carboxylic acid groups (broad SMARTS) is 1. The monoisotopic (exact) mass is 473 g/mol. The van der Waals surface area contributed by atoms with Gasteiger partial charge in [-0.25, -0.2) is 9.78 Å². The predicted octanol–water partition coefficient (Wildman–Crippen LogP) is 6.32. The first-order valence-electron chi connectivity index (χ1n) is 10.0. The lowest BCUT2D eigenvalue weighted by Gasteiger charge is -2.27. The number of carboxylic acids is 1. The number of aromatic carboxylic acids is 1. The van der Waals surface area contributed by atoms with E-state index in [1.54, 1.807) is 17.4 Å². The third kappa shape index (κ3) is 5.24. The van der Waals surface area contributed by atoms with Crippen LogP contribution in [0.3, 0.4) is 0 Å². The van der Waals surface area contributed by atoms with Gasteiger partial charge in [0, 0.05) is 17.5 Å². The quantitative estimate of drug-likeness (QED) is 0.435. The maximum Gasteiger partial charge on any atom is 0.336 e. The molecule has 1 aromatic heterocycles. The van der Waals surface area contributed by atoms with Gasteiger partial charge in [-0.15, -0.1) is 11.3 Å². The van der Waals surface area contributed by atoms with Crippen molar-refractivity contribution in [2.24, 2.45) is 11.8 Å². The Morgan fingerprint density at radius 3 is 2.59 bits per heavy atom. The summed E-state index contributed by atoms with van der Waals surface area (Å²) in [5.41, 5.74) is 2.29. The fraction of sp³-hybridized carbons (Fsp3) is 0.391. The molecule has 152 valence electrons. The van der Waals surface area contributed by atoms with E-state index < -0.39 is 5.97 Å². The van der Waals surface area contributed by atoms with Crippen LogP contribution in [-0.4, -0.2) is 22.7 Å². The van der Waals surface area contributed by atoms with Gasteiger partial charge in [-0.2, -0.15) is 0 Å². The summed E-state index contributed by atoms with van der Waals surface area (Å²) < 4.78 is 7.59. The van der Waals surface area contributed by atoms with Gasteiger partial charge in [0.25, 0.3) is 0 Å². The second-order valence-electron chi connectivity index (χ2n) is 7.80. The zero-order chi connectivity index (χ0) is 20.2. The van der Waals surface area contributed by atoms with Crippen LogP contribution >= 0.6 is 27.3 Å².